The van der Waals surface area contributed by atoms with Crippen molar-refractivity contribution in [2.45, 2.75) is 19.8 Å². The molecule has 1 aromatic carbocycles. The summed E-state index contributed by atoms with van der Waals surface area (Å²) in [5.74, 6) is 0.778. The van der Waals surface area contributed by atoms with Crippen molar-refractivity contribution in [2.24, 2.45) is 0 Å². The van der Waals surface area contributed by atoms with Gasteiger partial charge in [-0.25, -0.2) is 0 Å². The molecule has 2 aliphatic heterocycles. The highest BCUT2D eigenvalue weighted by Gasteiger charge is 2.38. The molecule has 0 aromatic heterocycles. The lowest BCUT2D eigenvalue weighted by atomic mass is 9.80. The van der Waals surface area contributed by atoms with Crippen LogP contribution in [-0.4, -0.2) is 23.0 Å². The number of hydrogen-bond donors (Lipinski definition) is 0. The van der Waals surface area contributed by atoms with Crippen LogP contribution in [0, 0.1) is 11.3 Å². The molecule has 0 radical (unpaired) electrons. The van der Waals surface area contributed by atoms with Gasteiger partial charge in [-0.05, 0) is 19.4 Å². The van der Waals surface area contributed by atoms with Crippen LogP contribution in [0.25, 0.3) is 0 Å². The van der Waals surface area contributed by atoms with Crippen LogP contribution in [-0.2, 0) is 4.79 Å². The lowest BCUT2D eigenvalue weighted by molar-refractivity contribution is -0.114. The summed E-state index contributed by atoms with van der Waals surface area (Å²) in [6, 6.07) is 12.2. The highest BCUT2D eigenvalue weighted by Crippen LogP contribution is 2.47. The van der Waals surface area contributed by atoms with Crippen LogP contribution in [0.5, 0.6) is 0 Å². The molecule has 1 aromatic rings. The number of benzene rings is 1. The fourth-order valence-corrected chi connectivity index (χ4v) is 4.30. The minimum Gasteiger partial charge on any atom is -0.338 e. The van der Waals surface area contributed by atoms with Crippen LogP contribution in [0.2, 0.25) is 0 Å². The monoisotopic (exact) mass is 296 g/mol. The number of nitrogens with zero attached hydrogens (tertiary/aromatic N) is 2. The molecule has 0 unspecified atom stereocenters. The van der Waals surface area contributed by atoms with Crippen LogP contribution in [0.15, 0.2) is 52.2 Å². The Morgan fingerprint density at radius 2 is 2.10 bits per heavy atom. The minimum absolute atomic E-state index is 0.0463. The molecule has 1 saturated heterocycles. The number of ketones is 1. The van der Waals surface area contributed by atoms with Gasteiger partial charge in [0, 0.05) is 23.6 Å². The molecule has 0 amide bonds. The van der Waals surface area contributed by atoms with Crippen molar-refractivity contribution in [3.8, 4) is 6.07 Å². The zero-order valence-corrected chi connectivity index (χ0v) is 12.9. The van der Waals surface area contributed by atoms with E-state index < -0.39 is 0 Å². The first kappa shape index (κ1) is 14.0. The van der Waals surface area contributed by atoms with E-state index in [1.54, 1.807) is 18.7 Å². The van der Waals surface area contributed by atoms with Gasteiger partial charge in [0.25, 0.3) is 0 Å². The Balaban J connectivity index is 2.24. The smallest absolute Gasteiger partial charge is 0.158 e. The third-order valence-electron chi connectivity index (χ3n) is 4.03. The number of allylic oxidation sites excluding steroid dienone is 3. The van der Waals surface area contributed by atoms with E-state index in [0.29, 0.717) is 5.57 Å². The molecule has 2 aliphatic rings. The third-order valence-corrected chi connectivity index (χ3v) is 5.13. The molecule has 0 N–H and O–H groups in total. The van der Waals surface area contributed by atoms with Gasteiger partial charge >= 0.3 is 0 Å². The standard InChI is InChI=1S/C17H16N2OS/c1-11-15(12(2)20)16(13-6-4-3-5-7-13)14(10-18)17-19(11)8-9-21-17/h3-7,16H,8-9H2,1-2H3/t16-/m1/s1. The Morgan fingerprint density at radius 3 is 2.71 bits per heavy atom. The van der Waals surface area contributed by atoms with E-state index >= 15 is 0 Å². The molecular formula is C17H16N2OS. The summed E-state index contributed by atoms with van der Waals surface area (Å²) in [6.07, 6.45) is 0. The van der Waals surface area contributed by atoms with Crippen molar-refractivity contribution in [3.05, 3.63) is 57.8 Å². The van der Waals surface area contributed by atoms with Gasteiger partial charge in [0.05, 0.1) is 22.6 Å². The summed E-state index contributed by atoms with van der Waals surface area (Å²) in [4.78, 5) is 14.3. The van der Waals surface area contributed by atoms with E-state index in [4.69, 9.17) is 0 Å². The summed E-state index contributed by atoms with van der Waals surface area (Å²) in [5, 5.41) is 10.7. The average molecular weight is 296 g/mol. The summed E-state index contributed by atoms with van der Waals surface area (Å²) in [7, 11) is 0. The number of nitriles is 1. The molecule has 0 saturated carbocycles. The highest BCUT2D eigenvalue weighted by atomic mass is 32.2. The first-order chi connectivity index (χ1) is 10.1. The van der Waals surface area contributed by atoms with Crippen LogP contribution < -0.4 is 0 Å². The molecule has 1 fully saturated rings. The molecule has 21 heavy (non-hydrogen) atoms. The van der Waals surface area contributed by atoms with Gasteiger partial charge in [0.2, 0.25) is 0 Å². The Labute approximate surface area is 128 Å². The Bertz CT molecular complexity index is 697. The molecule has 0 spiro atoms. The number of Topliss-reactive ketones (excluding diaryl/α,β-unsaturated/α-hetero) is 1. The summed E-state index contributed by atoms with van der Waals surface area (Å²) >= 11 is 1.71. The minimum atomic E-state index is -0.231. The van der Waals surface area contributed by atoms with Gasteiger partial charge in [-0.2, -0.15) is 5.26 Å². The lowest BCUT2D eigenvalue weighted by Gasteiger charge is -2.33. The fourth-order valence-electron chi connectivity index (χ4n) is 3.13. The Kier molecular flexibility index (Phi) is 3.60. The predicted molar refractivity (Wildman–Crippen MR) is 84.4 cm³/mol. The third kappa shape index (κ3) is 2.18. The van der Waals surface area contributed by atoms with Gasteiger partial charge in [-0.3, -0.25) is 4.79 Å². The van der Waals surface area contributed by atoms with Crippen LogP contribution in [0.3, 0.4) is 0 Å². The second-order valence-corrected chi connectivity index (χ2v) is 6.31. The molecule has 3 nitrogen and oxygen atoms in total. The normalized spacial score (nSPS) is 21.4. The van der Waals surface area contributed by atoms with Gasteiger partial charge in [0.1, 0.15) is 0 Å². The summed E-state index contributed by atoms with van der Waals surface area (Å²) < 4.78 is 0. The number of fused-ring (bicyclic) bond motifs is 1. The van der Waals surface area contributed by atoms with Crippen LogP contribution in [0.4, 0.5) is 0 Å². The van der Waals surface area contributed by atoms with E-state index in [9.17, 15) is 10.1 Å². The van der Waals surface area contributed by atoms with Crippen molar-refractivity contribution in [1.82, 2.24) is 4.90 Å². The largest absolute Gasteiger partial charge is 0.338 e. The SMILES string of the molecule is CC(=O)C1=C(C)N2CCSC2=C(C#N)[C@H]1c1ccccc1. The topological polar surface area (TPSA) is 44.1 Å². The van der Waals surface area contributed by atoms with E-state index in [2.05, 4.69) is 11.0 Å². The predicted octanol–water partition coefficient (Wildman–Crippen LogP) is 3.43. The fraction of sp³-hybridized carbons (Fsp3) is 0.294. The quantitative estimate of drug-likeness (QED) is 0.838. The van der Waals surface area contributed by atoms with Crippen LogP contribution >= 0.6 is 11.8 Å². The van der Waals surface area contributed by atoms with Gasteiger partial charge in [-0.15, -0.1) is 11.8 Å². The maximum Gasteiger partial charge on any atom is 0.158 e. The van der Waals surface area contributed by atoms with E-state index in [1.807, 2.05) is 37.3 Å². The number of carbonyl (C=O) groups is 1. The first-order valence-electron chi connectivity index (χ1n) is 6.96. The second kappa shape index (κ2) is 5.42. The van der Waals surface area contributed by atoms with Crippen molar-refractivity contribution < 1.29 is 4.79 Å². The van der Waals surface area contributed by atoms with E-state index in [0.717, 1.165) is 34.2 Å². The number of rotatable bonds is 2. The number of thioether (sulfide) groups is 1. The Hall–Kier alpha value is -1.99. The van der Waals surface area contributed by atoms with E-state index in [-0.39, 0.29) is 11.7 Å². The van der Waals surface area contributed by atoms with E-state index in [1.165, 1.54) is 0 Å². The maximum atomic E-state index is 12.2. The van der Waals surface area contributed by atoms with Crippen LogP contribution in [0.1, 0.15) is 25.3 Å². The first-order valence-corrected chi connectivity index (χ1v) is 7.95. The molecule has 106 valence electrons. The van der Waals surface area contributed by atoms with Gasteiger partial charge in [0.15, 0.2) is 5.78 Å². The molecule has 3 rings (SSSR count). The molecule has 1 atom stereocenters. The lowest BCUT2D eigenvalue weighted by Crippen LogP contribution is -2.28. The molecule has 2 heterocycles. The summed E-state index contributed by atoms with van der Waals surface area (Å²) in [6.45, 7) is 4.46. The summed E-state index contributed by atoms with van der Waals surface area (Å²) in [5.41, 5.74) is 3.47. The van der Waals surface area contributed by atoms with Gasteiger partial charge in [-0.1, -0.05) is 30.3 Å². The van der Waals surface area contributed by atoms with Crippen molar-refractivity contribution in [3.63, 3.8) is 0 Å². The van der Waals surface area contributed by atoms with Crippen molar-refractivity contribution >= 4 is 17.5 Å². The maximum absolute atomic E-state index is 12.2. The second-order valence-electron chi connectivity index (χ2n) is 5.23. The molecule has 0 aliphatic carbocycles. The highest BCUT2D eigenvalue weighted by molar-refractivity contribution is 8.03. The Morgan fingerprint density at radius 1 is 1.38 bits per heavy atom. The zero-order valence-electron chi connectivity index (χ0n) is 12.1. The average Bonchev–Trinajstić information content (AvgIpc) is 2.97. The molecule has 0 bridgehead atoms. The molecular weight excluding hydrogens is 280 g/mol. The van der Waals surface area contributed by atoms with Gasteiger partial charge < -0.3 is 4.90 Å². The molecule has 4 heteroatoms. The number of hydrogen-bond acceptors (Lipinski definition) is 4. The van der Waals surface area contributed by atoms with Crippen molar-refractivity contribution in [1.29, 1.82) is 5.26 Å². The van der Waals surface area contributed by atoms with Crippen molar-refractivity contribution in [2.75, 3.05) is 12.3 Å². The number of carbonyl (C=O) groups excluding carboxylic acids is 1. The zero-order chi connectivity index (χ0) is 15.0.